The smallest absolute Gasteiger partial charge is 0.292 e. The van der Waals surface area contributed by atoms with Crippen LogP contribution in [-0.4, -0.2) is 48.3 Å². The molecule has 1 heterocycles. The molecule has 1 amide bonds. The Balaban J connectivity index is 2.56. The summed E-state index contributed by atoms with van der Waals surface area (Å²) in [7, 11) is 1.61. The van der Waals surface area contributed by atoms with E-state index in [1.54, 1.807) is 20.9 Å². The Morgan fingerprint density at radius 3 is 2.73 bits per heavy atom. The SMILES string of the molecule is CN(CC(C)(C)O)C(=O)C1=COCCO1. The Labute approximate surface area is 89.3 Å². The van der Waals surface area contributed by atoms with Gasteiger partial charge in [-0.05, 0) is 13.8 Å². The van der Waals surface area contributed by atoms with Crippen LogP contribution in [0.4, 0.5) is 0 Å². The van der Waals surface area contributed by atoms with Gasteiger partial charge in [-0.25, -0.2) is 0 Å². The minimum absolute atomic E-state index is 0.188. The van der Waals surface area contributed by atoms with E-state index in [9.17, 15) is 9.90 Å². The Morgan fingerprint density at radius 1 is 1.60 bits per heavy atom. The molecule has 1 aliphatic rings. The van der Waals surface area contributed by atoms with E-state index in [2.05, 4.69) is 0 Å². The molecule has 5 heteroatoms. The molecule has 0 aliphatic carbocycles. The van der Waals surface area contributed by atoms with Crippen molar-refractivity contribution in [3.63, 3.8) is 0 Å². The van der Waals surface area contributed by atoms with Gasteiger partial charge in [0, 0.05) is 13.6 Å². The monoisotopic (exact) mass is 215 g/mol. The standard InChI is InChI=1S/C10H17NO4/c1-10(2,13)7-11(3)9(12)8-6-14-4-5-15-8/h6,13H,4-5,7H2,1-3H3. The summed E-state index contributed by atoms with van der Waals surface area (Å²) >= 11 is 0. The highest BCUT2D eigenvalue weighted by Gasteiger charge is 2.24. The Hall–Kier alpha value is -1.23. The summed E-state index contributed by atoms with van der Waals surface area (Å²) in [5, 5.41) is 9.55. The molecule has 15 heavy (non-hydrogen) atoms. The number of carbonyl (C=O) groups is 1. The third-order valence-electron chi connectivity index (χ3n) is 1.83. The van der Waals surface area contributed by atoms with Crippen LogP contribution in [0.3, 0.4) is 0 Å². The summed E-state index contributed by atoms with van der Waals surface area (Å²) in [6.07, 6.45) is 1.31. The summed E-state index contributed by atoms with van der Waals surface area (Å²) in [6, 6.07) is 0. The average molecular weight is 215 g/mol. The van der Waals surface area contributed by atoms with Gasteiger partial charge in [-0.1, -0.05) is 0 Å². The molecule has 0 aromatic heterocycles. The summed E-state index contributed by atoms with van der Waals surface area (Å²) in [6.45, 7) is 4.37. The highest BCUT2D eigenvalue weighted by Crippen LogP contribution is 2.10. The number of hydrogen-bond donors (Lipinski definition) is 1. The predicted molar refractivity (Wildman–Crippen MR) is 53.9 cm³/mol. The number of rotatable bonds is 3. The number of ether oxygens (including phenoxy) is 2. The Morgan fingerprint density at radius 2 is 2.27 bits per heavy atom. The minimum Gasteiger partial charge on any atom is -0.494 e. The van der Waals surface area contributed by atoms with E-state index < -0.39 is 5.60 Å². The quantitative estimate of drug-likeness (QED) is 0.725. The van der Waals surface area contributed by atoms with Crippen molar-refractivity contribution in [2.24, 2.45) is 0 Å². The number of amides is 1. The van der Waals surface area contributed by atoms with Crippen molar-refractivity contribution in [2.75, 3.05) is 26.8 Å². The largest absolute Gasteiger partial charge is 0.494 e. The van der Waals surface area contributed by atoms with E-state index in [4.69, 9.17) is 9.47 Å². The van der Waals surface area contributed by atoms with Gasteiger partial charge >= 0.3 is 0 Å². The molecule has 0 unspecified atom stereocenters. The lowest BCUT2D eigenvalue weighted by Gasteiger charge is -2.26. The van der Waals surface area contributed by atoms with Crippen molar-refractivity contribution < 1.29 is 19.4 Å². The molecule has 0 fully saturated rings. The summed E-state index contributed by atoms with van der Waals surface area (Å²) in [5.41, 5.74) is -0.916. The van der Waals surface area contributed by atoms with Gasteiger partial charge in [0.05, 0.1) is 5.60 Å². The zero-order valence-electron chi connectivity index (χ0n) is 9.32. The van der Waals surface area contributed by atoms with Gasteiger partial charge in [0.2, 0.25) is 5.76 Å². The molecule has 0 spiro atoms. The topological polar surface area (TPSA) is 59.0 Å². The summed E-state index contributed by atoms with van der Waals surface area (Å²) in [5.74, 6) is -0.0928. The molecular formula is C10H17NO4. The summed E-state index contributed by atoms with van der Waals surface area (Å²) < 4.78 is 10.1. The molecule has 1 rings (SSSR count). The van der Waals surface area contributed by atoms with Gasteiger partial charge in [-0.3, -0.25) is 4.79 Å². The molecule has 0 aromatic rings. The van der Waals surface area contributed by atoms with Crippen molar-refractivity contribution in [1.82, 2.24) is 4.90 Å². The second-order valence-corrected chi connectivity index (χ2v) is 4.18. The lowest BCUT2D eigenvalue weighted by atomic mass is 10.1. The second kappa shape index (κ2) is 4.53. The van der Waals surface area contributed by atoms with E-state index in [1.165, 1.54) is 11.2 Å². The van der Waals surface area contributed by atoms with E-state index in [-0.39, 0.29) is 18.2 Å². The number of hydrogen-bond acceptors (Lipinski definition) is 4. The predicted octanol–water partition coefficient (Wildman–Crippen LogP) is 0.104. The fraction of sp³-hybridized carbons (Fsp3) is 0.700. The molecule has 1 aliphatic heterocycles. The molecule has 0 radical (unpaired) electrons. The lowest BCUT2D eigenvalue weighted by molar-refractivity contribution is -0.133. The third-order valence-corrected chi connectivity index (χ3v) is 1.83. The normalized spacial score (nSPS) is 16.1. The molecule has 0 bridgehead atoms. The number of nitrogens with zero attached hydrogens (tertiary/aromatic N) is 1. The van der Waals surface area contributed by atoms with Gasteiger partial charge in [-0.2, -0.15) is 0 Å². The molecule has 0 saturated carbocycles. The minimum atomic E-state index is -0.916. The van der Waals surface area contributed by atoms with Gasteiger partial charge in [0.25, 0.3) is 5.91 Å². The molecule has 86 valence electrons. The highest BCUT2D eigenvalue weighted by atomic mass is 16.6. The van der Waals surface area contributed by atoms with Gasteiger partial charge in [0.15, 0.2) is 0 Å². The number of carbonyl (C=O) groups excluding carboxylic acids is 1. The number of aliphatic hydroxyl groups is 1. The molecular weight excluding hydrogens is 198 g/mol. The molecule has 0 saturated heterocycles. The van der Waals surface area contributed by atoms with E-state index in [0.717, 1.165) is 0 Å². The van der Waals surface area contributed by atoms with Gasteiger partial charge < -0.3 is 19.5 Å². The van der Waals surface area contributed by atoms with Gasteiger partial charge in [-0.15, -0.1) is 0 Å². The molecule has 0 aromatic carbocycles. The molecule has 5 nitrogen and oxygen atoms in total. The van der Waals surface area contributed by atoms with E-state index in [0.29, 0.717) is 13.2 Å². The lowest BCUT2D eigenvalue weighted by Crippen LogP contribution is -2.41. The maximum Gasteiger partial charge on any atom is 0.292 e. The first-order valence-electron chi connectivity index (χ1n) is 4.82. The van der Waals surface area contributed by atoms with Crippen LogP contribution in [0.1, 0.15) is 13.8 Å². The third kappa shape index (κ3) is 3.79. The van der Waals surface area contributed by atoms with Crippen LogP contribution in [0.5, 0.6) is 0 Å². The van der Waals surface area contributed by atoms with Crippen molar-refractivity contribution in [3.8, 4) is 0 Å². The van der Waals surface area contributed by atoms with Crippen LogP contribution in [0.15, 0.2) is 12.0 Å². The van der Waals surface area contributed by atoms with E-state index in [1.807, 2.05) is 0 Å². The van der Waals surface area contributed by atoms with Crippen LogP contribution >= 0.6 is 0 Å². The Bertz CT molecular complexity index is 267. The van der Waals surface area contributed by atoms with Crippen LogP contribution in [0.2, 0.25) is 0 Å². The fourth-order valence-corrected chi connectivity index (χ4v) is 1.32. The van der Waals surface area contributed by atoms with Crippen molar-refractivity contribution in [3.05, 3.63) is 12.0 Å². The Kier molecular flexibility index (Phi) is 3.57. The highest BCUT2D eigenvalue weighted by molar-refractivity contribution is 5.91. The zero-order chi connectivity index (χ0) is 11.5. The maximum absolute atomic E-state index is 11.7. The van der Waals surface area contributed by atoms with E-state index >= 15 is 0 Å². The maximum atomic E-state index is 11.7. The summed E-state index contributed by atoms with van der Waals surface area (Å²) in [4.78, 5) is 13.1. The van der Waals surface area contributed by atoms with Crippen LogP contribution < -0.4 is 0 Å². The zero-order valence-corrected chi connectivity index (χ0v) is 9.32. The fourth-order valence-electron chi connectivity index (χ4n) is 1.32. The first-order valence-corrected chi connectivity index (χ1v) is 4.82. The van der Waals surface area contributed by atoms with Crippen LogP contribution in [0.25, 0.3) is 0 Å². The molecule has 1 N–H and O–H groups in total. The van der Waals surface area contributed by atoms with Crippen LogP contribution in [-0.2, 0) is 14.3 Å². The van der Waals surface area contributed by atoms with Gasteiger partial charge in [0.1, 0.15) is 19.5 Å². The first-order chi connectivity index (χ1) is 6.90. The second-order valence-electron chi connectivity index (χ2n) is 4.18. The molecule has 0 atom stereocenters. The van der Waals surface area contributed by atoms with Crippen molar-refractivity contribution >= 4 is 5.91 Å². The van der Waals surface area contributed by atoms with Crippen LogP contribution in [0, 0.1) is 0 Å². The number of likely N-dealkylation sites (N-methyl/N-ethyl adjacent to an activating group) is 1. The van der Waals surface area contributed by atoms with Crippen molar-refractivity contribution in [1.29, 1.82) is 0 Å². The van der Waals surface area contributed by atoms with Crippen molar-refractivity contribution in [2.45, 2.75) is 19.4 Å². The first kappa shape index (κ1) is 11.8. The average Bonchev–Trinajstić information content (AvgIpc) is 2.15.